The molecular weight excluding hydrogens is 667 g/mol. The van der Waals surface area contributed by atoms with Gasteiger partial charge in [-0.05, 0) is 72.6 Å². The normalized spacial score (nSPS) is 10.6. The average Bonchev–Trinajstić information content (AvgIpc) is 3.17. The molecule has 0 spiro atoms. The SMILES string of the molecule is CC.COc1cc2nccc(Oc3ccc(NC(=O)c4cn(CCCOCc5ccccc5)c(=O)n(-c5ccc(F)cc5)c4=O)cc3)c2cc1OC. The number of methoxy groups -OCH3 is 2. The summed E-state index contributed by atoms with van der Waals surface area (Å²) in [6.07, 6.45) is 3.30. The summed E-state index contributed by atoms with van der Waals surface area (Å²) in [6.45, 7) is 4.92. The van der Waals surface area contributed by atoms with Gasteiger partial charge in [0.2, 0.25) is 0 Å². The predicted octanol–water partition coefficient (Wildman–Crippen LogP) is 7.38. The summed E-state index contributed by atoms with van der Waals surface area (Å²) in [5.41, 5.74) is 0.401. The van der Waals surface area contributed by atoms with E-state index >= 15 is 0 Å². The number of pyridine rings is 1. The first-order chi connectivity index (χ1) is 25.3. The maximum absolute atomic E-state index is 13.7. The van der Waals surface area contributed by atoms with Gasteiger partial charge in [0.05, 0.1) is 32.0 Å². The molecule has 0 atom stereocenters. The minimum atomic E-state index is -0.840. The van der Waals surface area contributed by atoms with Crippen LogP contribution >= 0.6 is 0 Å². The minimum absolute atomic E-state index is 0.131. The third kappa shape index (κ3) is 8.71. The molecular formula is C40H39FN4O7. The maximum atomic E-state index is 13.7. The Hall–Kier alpha value is -6.27. The number of amides is 1. The number of aryl methyl sites for hydroxylation is 1. The van der Waals surface area contributed by atoms with E-state index in [4.69, 9.17) is 18.9 Å². The van der Waals surface area contributed by atoms with Gasteiger partial charge in [-0.1, -0.05) is 44.2 Å². The Morgan fingerprint density at radius 2 is 1.54 bits per heavy atom. The number of carbonyl (C=O) groups excluding carboxylic acids is 1. The Labute approximate surface area is 299 Å². The van der Waals surface area contributed by atoms with Gasteiger partial charge in [0.25, 0.3) is 11.5 Å². The number of aromatic nitrogens is 3. The average molecular weight is 707 g/mol. The maximum Gasteiger partial charge on any atom is 0.335 e. The van der Waals surface area contributed by atoms with Gasteiger partial charge in [-0.3, -0.25) is 19.1 Å². The lowest BCUT2D eigenvalue weighted by Gasteiger charge is -2.14. The minimum Gasteiger partial charge on any atom is -0.493 e. The third-order valence-electron chi connectivity index (χ3n) is 7.83. The summed E-state index contributed by atoms with van der Waals surface area (Å²) in [7, 11) is 3.09. The highest BCUT2D eigenvalue weighted by atomic mass is 19.1. The van der Waals surface area contributed by atoms with Crippen LogP contribution in [0, 0.1) is 5.82 Å². The fraction of sp³-hybridized carbons (Fsp3) is 0.200. The number of hydrogen-bond acceptors (Lipinski definition) is 8. The van der Waals surface area contributed by atoms with Crippen molar-refractivity contribution in [3.63, 3.8) is 0 Å². The van der Waals surface area contributed by atoms with Crippen molar-refractivity contribution in [3.05, 3.63) is 147 Å². The molecule has 12 heteroatoms. The van der Waals surface area contributed by atoms with Crippen LogP contribution in [0.2, 0.25) is 0 Å². The lowest BCUT2D eigenvalue weighted by molar-refractivity contribution is 0.102. The number of hydrogen-bond donors (Lipinski definition) is 1. The van der Waals surface area contributed by atoms with Gasteiger partial charge >= 0.3 is 5.69 Å². The molecule has 4 aromatic carbocycles. The number of fused-ring (bicyclic) bond motifs is 1. The molecule has 268 valence electrons. The molecule has 0 saturated carbocycles. The summed E-state index contributed by atoms with van der Waals surface area (Å²) in [5.74, 6) is 0.814. The molecule has 2 heterocycles. The van der Waals surface area contributed by atoms with Crippen molar-refractivity contribution in [1.82, 2.24) is 14.1 Å². The van der Waals surface area contributed by atoms with Crippen molar-refractivity contribution < 1.29 is 28.1 Å². The van der Waals surface area contributed by atoms with Crippen LogP contribution in [0.3, 0.4) is 0 Å². The predicted molar refractivity (Wildman–Crippen MR) is 198 cm³/mol. The molecule has 1 amide bonds. The number of nitrogens with zero attached hydrogens (tertiary/aromatic N) is 3. The molecule has 0 aliphatic heterocycles. The Bertz CT molecular complexity index is 2240. The topological polar surface area (TPSA) is 123 Å². The number of ether oxygens (including phenoxy) is 4. The van der Waals surface area contributed by atoms with Gasteiger partial charge in [-0.25, -0.2) is 13.8 Å². The molecule has 0 bridgehead atoms. The summed E-state index contributed by atoms with van der Waals surface area (Å²) in [5, 5.41) is 3.43. The zero-order chi connectivity index (χ0) is 37.0. The zero-order valence-corrected chi connectivity index (χ0v) is 29.3. The van der Waals surface area contributed by atoms with E-state index in [2.05, 4.69) is 10.3 Å². The molecule has 0 unspecified atom stereocenters. The summed E-state index contributed by atoms with van der Waals surface area (Å²) < 4.78 is 38.5. The lowest BCUT2D eigenvalue weighted by Crippen LogP contribution is -2.42. The monoisotopic (exact) mass is 706 g/mol. The highest BCUT2D eigenvalue weighted by Crippen LogP contribution is 2.37. The largest absolute Gasteiger partial charge is 0.493 e. The zero-order valence-electron chi connectivity index (χ0n) is 29.3. The second-order valence-electron chi connectivity index (χ2n) is 11.1. The van der Waals surface area contributed by atoms with E-state index in [1.165, 1.54) is 22.9 Å². The second-order valence-corrected chi connectivity index (χ2v) is 11.1. The van der Waals surface area contributed by atoms with E-state index < -0.39 is 23.0 Å². The lowest BCUT2D eigenvalue weighted by atomic mass is 10.2. The number of carbonyl (C=O) groups is 1. The summed E-state index contributed by atoms with van der Waals surface area (Å²) in [6, 6.07) is 26.4. The van der Waals surface area contributed by atoms with Crippen LogP contribution in [0.5, 0.6) is 23.0 Å². The molecule has 1 N–H and O–H groups in total. The van der Waals surface area contributed by atoms with Crippen LogP contribution in [-0.4, -0.2) is 40.9 Å². The van der Waals surface area contributed by atoms with Crippen LogP contribution in [-0.2, 0) is 17.9 Å². The number of rotatable bonds is 13. The summed E-state index contributed by atoms with van der Waals surface area (Å²) in [4.78, 5) is 44.9. The van der Waals surface area contributed by atoms with Gasteiger partial charge in [0, 0.05) is 42.7 Å². The van der Waals surface area contributed by atoms with Gasteiger partial charge in [0.1, 0.15) is 22.9 Å². The highest BCUT2D eigenvalue weighted by molar-refractivity contribution is 6.03. The smallest absolute Gasteiger partial charge is 0.335 e. The van der Waals surface area contributed by atoms with E-state index in [0.717, 1.165) is 22.3 Å². The first-order valence-corrected chi connectivity index (χ1v) is 16.7. The van der Waals surface area contributed by atoms with Gasteiger partial charge < -0.3 is 24.3 Å². The first-order valence-electron chi connectivity index (χ1n) is 16.7. The Morgan fingerprint density at radius 3 is 2.23 bits per heavy atom. The van der Waals surface area contributed by atoms with E-state index in [-0.39, 0.29) is 17.8 Å². The van der Waals surface area contributed by atoms with Crippen molar-refractivity contribution in [2.24, 2.45) is 0 Å². The number of nitrogens with one attached hydrogen (secondary N) is 1. The second kappa shape index (κ2) is 17.6. The first kappa shape index (κ1) is 37.0. The van der Waals surface area contributed by atoms with Gasteiger partial charge in [0.15, 0.2) is 11.5 Å². The Morgan fingerprint density at radius 1 is 0.846 bits per heavy atom. The van der Waals surface area contributed by atoms with Crippen molar-refractivity contribution in [3.8, 4) is 28.7 Å². The molecule has 6 rings (SSSR count). The van der Waals surface area contributed by atoms with E-state index in [1.807, 2.05) is 44.2 Å². The summed E-state index contributed by atoms with van der Waals surface area (Å²) >= 11 is 0. The van der Waals surface area contributed by atoms with Crippen molar-refractivity contribution in [2.45, 2.75) is 33.4 Å². The molecule has 0 fully saturated rings. The van der Waals surface area contributed by atoms with E-state index in [0.29, 0.717) is 59.2 Å². The standard InChI is InChI=1S/C38H33FN4O7.C2H6/c1-47-34-21-30-32(22-35(34)48-2)40-18-17-33(30)50-29-15-11-27(12-16-29)41-36(44)31-23-42(19-6-20-49-24-25-7-4-3-5-8-25)38(46)43(37(31)45)28-13-9-26(39)10-14-28;1-2/h3-5,7-18,21-23H,6,19-20,24H2,1-2H3,(H,41,44);1-2H3. The quantitative estimate of drug-likeness (QED) is 0.124. The fourth-order valence-corrected chi connectivity index (χ4v) is 5.31. The molecule has 0 radical (unpaired) electrons. The van der Waals surface area contributed by atoms with Crippen molar-refractivity contribution in [2.75, 3.05) is 26.1 Å². The van der Waals surface area contributed by atoms with Crippen LogP contribution in [0.1, 0.15) is 36.2 Å². The Balaban J connectivity index is 0.00000257. The molecule has 52 heavy (non-hydrogen) atoms. The molecule has 6 aromatic rings. The van der Waals surface area contributed by atoms with Crippen LogP contribution < -0.4 is 30.8 Å². The van der Waals surface area contributed by atoms with Gasteiger partial charge in [-0.2, -0.15) is 0 Å². The highest BCUT2D eigenvalue weighted by Gasteiger charge is 2.19. The molecule has 11 nitrogen and oxygen atoms in total. The van der Waals surface area contributed by atoms with Crippen molar-refractivity contribution in [1.29, 1.82) is 0 Å². The van der Waals surface area contributed by atoms with Crippen LogP contribution in [0.4, 0.5) is 10.1 Å². The third-order valence-corrected chi connectivity index (χ3v) is 7.83. The molecule has 2 aromatic heterocycles. The molecule has 0 aliphatic carbocycles. The number of anilines is 1. The fourth-order valence-electron chi connectivity index (χ4n) is 5.31. The van der Waals surface area contributed by atoms with E-state index in [9.17, 15) is 18.8 Å². The Kier molecular flexibility index (Phi) is 12.5. The number of halogens is 1. The van der Waals surface area contributed by atoms with Crippen LogP contribution in [0.15, 0.2) is 119 Å². The number of benzene rings is 4. The molecule has 0 aliphatic rings. The van der Waals surface area contributed by atoms with Crippen LogP contribution in [0.25, 0.3) is 16.6 Å². The van der Waals surface area contributed by atoms with Gasteiger partial charge in [-0.15, -0.1) is 0 Å². The van der Waals surface area contributed by atoms with E-state index in [1.54, 1.807) is 62.9 Å². The molecule has 0 saturated heterocycles. The van der Waals surface area contributed by atoms with Crippen molar-refractivity contribution >= 4 is 22.5 Å².